The number of nitrogens with one attached hydrogen (secondary N) is 2. The standard InChI is InChI=1S/C14H16ClF3N2O/c15-11-4-3-10(14(16,17)18)7-12(11)20-13(21)6-9-2-1-5-19-8-9/h3-4,7,9,19H,1-2,5-6,8H2,(H,20,21). The number of amides is 1. The highest BCUT2D eigenvalue weighted by atomic mass is 35.5. The molecule has 1 aromatic carbocycles. The van der Waals surface area contributed by atoms with Crippen LogP contribution in [0.1, 0.15) is 24.8 Å². The lowest BCUT2D eigenvalue weighted by atomic mass is 9.96. The Morgan fingerprint density at radius 3 is 2.81 bits per heavy atom. The van der Waals surface area contributed by atoms with Crippen molar-refractivity contribution in [2.45, 2.75) is 25.4 Å². The Morgan fingerprint density at radius 2 is 2.19 bits per heavy atom. The van der Waals surface area contributed by atoms with Crippen LogP contribution in [0.25, 0.3) is 0 Å². The molecular weight excluding hydrogens is 305 g/mol. The number of hydrogen-bond donors (Lipinski definition) is 2. The third-order valence-electron chi connectivity index (χ3n) is 3.44. The van der Waals surface area contributed by atoms with E-state index in [0.717, 1.165) is 44.1 Å². The number of rotatable bonds is 3. The fraction of sp³-hybridized carbons (Fsp3) is 0.500. The SMILES string of the molecule is O=C(CC1CCCNC1)Nc1cc(C(F)(F)F)ccc1Cl. The van der Waals surface area contributed by atoms with Crippen LogP contribution in [0.4, 0.5) is 18.9 Å². The zero-order valence-electron chi connectivity index (χ0n) is 11.3. The summed E-state index contributed by atoms with van der Waals surface area (Å²) in [5.74, 6) is -0.103. The maximum Gasteiger partial charge on any atom is 0.416 e. The molecule has 0 aliphatic carbocycles. The van der Waals surface area contributed by atoms with Crippen LogP contribution in [0.15, 0.2) is 18.2 Å². The summed E-state index contributed by atoms with van der Waals surface area (Å²) in [6.45, 7) is 1.70. The van der Waals surface area contributed by atoms with Crippen LogP contribution in [0, 0.1) is 5.92 Å². The van der Waals surface area contributed by atoms with Crippen LogP contribution >= 0.6 is 11.6 Å². The van der Waals surface area contributed by atoms with E-state index in [4.69, 9.17) is 11.6 Å². The summed E-state index contributed by atoms with van der Waals surface area (Å²) in [6, 6.07) is 2.89. The molecule has 0 bridgehead atoms. The number of alkyl halides is 3. The first-order chi connectivity index (χ1) is 9.86. The van der Waals surface area contributed by atoms with Gasteiger partial charge >= 0.3 is 6.18 Å². The second-order valence-electron chi connectivity index (χ2n) is 5.16. The Morgan fingerprint density at radius 1 is 1.43 bits per heavy atom. The van der Waals surface area contributed by atoms with Gasteiger partial charge < -0.3 is 10.6 Å². The molecule has 1 heterocycles. The Kier molecular flexibility index (Phi) is 5.11. The first-order valence-corrected chi connectivity index (χ1v) is 7.11. The van der Waals surface area contributed by atoms with E-state index < -0.39 is 11.7 Å². The van der Waals surface area contributed by atoms with E-state index in [-0.39, 0.29) is 29.0 Å². The molecule has 1 saturated heterocycles. The molecule has 1 aliphatic rings. The van der Waals surface area contributed by atoms with Crippen LogP contribution in [-0.4, -0.2) is 19.0 Å². The zero-order chi connectivity index (χ0) is 15.5. The lowest BCUT2D eigenvalue weighted by molar-refractivity contribution is -0.137. The van der Waals surface area contributed by atoms with E-state index in [1.807, 2.05) is 0 Å². The minimum absolute atomic E-state index is 0.000241. The van der Waals surface area contributed by atoms with Gasteiger partial charge in [0.25, 0.3) is 0 Å². The van der Waals surface area contributed by atoms with Crippen molar-refractivity contribution in [1.82, 2.24) is 5.32 Å². The van der Waals surface area contributed by atoms with Gasteiger partial charge in [-0.2, -0.15) is 13.2 Å². The molecular formula is C14H16ClF3N2O. The van der Waals surface area contributed by atoms with Gasteiger partial charge in [-0.1, -0.05) is 11.6 Å². The molecule has 0 spiro atoms. The van der Waals surface area contributed by atoms with Crippen LogP contribution in [-0.2, 0) is 11.0 Å². The number of halogens is 4. The van der Waals surface area contributed by atoms with Crippen molar-refractivity contribution in [2.24, 2.45) is 5.92 Å². The van der Waals surface area contributed by atoms with Gasteiger partial charge in [0, 0.05) is 6.42 Å². The Bertz CT molecular complexity index is 513. The van der Waals surface area contributed by atoms with Gasteiger partial charge in [0.05, 0.1) is 16.3 Å². The Labute approximate surface area is 125 Å². The molecule has 0 aromatic heterocycles. The minimum atomic E-state index is -4.46. The smallest absolute Gasteiger partial charge is 0.325 e. The number of benzene rings is 1. The second kappa shape index (κ2) is 6.66. The normalized spacial score (nSPS) is 19.3. The fourth-order valence-corrected chi connectivity index (χ4v) is 2.52. The molecule has 7 heteroatoms. The molecule has 1 aromatic rings. The summed E-state index contributed by atoms with van der Waals surface area (Å²) in [5.41, 5.74) is -0.832. The molecule has 1 atom stereocenters. The zero-order valence-corrected chi connectivity index (χ0v) is 12.0. The van der Waals surface area contributed by atoms with E-state index in [0.29, 0.717) is 0 Å². The quantitative estimate of drug-likeness (QED) is 0.892. The highest BCUT2D eigenvalue weighted by molar-refractivity contribution is 6.33. The predicted molar refractivity (Wildman–Crippen MR) is 75.3 cm³/mol. The van der Waals surface area contributed by atoms with E-state index in [2.05, 4.69) is 10.6 Å². The summed E-state index contributed by atoms with van der Waals surface area (Å²) in [6.07, 6.45) is -2.24. The van der Waals surface area contributed by atoms with Crippen molar-refractivity contribution in [2.75, 3.05) is 18.4 Å². The van der Waals surface area contributed by atoms with Crippen LogP contribution in [0.3, 0.4) is 0 Å². The largest absolute Gasteiger partial charge is 0.416 e. The molecule has 2 N–H and O–H groups in total. The molecule has 1 aliphatic heterocycles. The monoisotopic (exact) mass is 320 g/mol. The lowest BCUT2D eigenvalue weighted by Crippen LogP contribution is -2.32. The van der Waals surface area contributed by atoms with E-state index in [9.17, 15) is 18.0 Å². The predicted octanol–water partition coefficient (Wildman–Crippen LogP) is 3.69. The van der Waals surface area contributed by atoms with Crippen molar-refractivity contribution in [3.8, 4) is 0 Å². The van der Waals surface area contributed by atoms with Gasteiger partial charge in [-0.05, 0) is 50.0 Å². The molecule has 3 nitrogen and oxygen atoms in total. The van der Waals surface area contributed by atoms with Gasteiger partial charge in [-0.15, -0.1) is 0 Å². The van der Waals surface area contributed by atoms with Crippen LogP contribution < -0.4 is 10.6 Å². The lowest BCUT2D eigenvalue weighted by Gasteiger charge is -2.22. The summed E-state index contributed by atoms with van der Waals surface area (Å²) >= 11 is 5.84. The number of piperidine rings is 1. The van der Waals surface area contributed by atoms with Gasteiger partial charge in [0.1, 0.15) is 0 Å². The van der Waals surface area contributed by atoms with E-state index in [1.165, 1.54) is 0 Å². The summed E-state index contributed by atoms with van der Waals surface area (Å²) in [5, 5.41) is 5.76. The van der Waals surface area contributed by atoms with Crippen molar-refractivity contribution >= 4 is 23.2 Å². The highest BCUT2D eigenvalue weighted by Crippen LogP contribution is 2.34. The van der Waals surface area contributed by atoms with Crippen LogP contribution in [0.2, 0.25) is 5.02 Å². The topological polar surface area (TPSA) is 41.1 Å². The third-order valence-corrected chi connectivity index (χ3v) is 3.77. The Hall–Kier alpha value is -1.27. The molecule has 0 saturated carbocycles. The molecule has 1 unspecified atom stereocenters. The summed E-state index contributed by atoms with van der Waals surface area (Å²) in [4.78, 5) is 11.9. The third kappa shape index (κ3) is 4.61. The van der Waals surface area contributed by atoms with Crippen molar-refractivity contribution in [3.05, 3.63) is 28.8 Å². The van der Waals surface area contributed by atoms with Gasteiger partial charge in [-0.25, -0.2) is 0 Å². The summed E-state index contributed by atoms with van der Waals surface area (Å²) in [7, 11) is 0. The molecule has 116 valence electrons. The van der Waals surface area contributed by atoms with E-state index in [1.54, 1.807) is 0 Å². The molecule has 1 amide bonds. The van der Waals surface area contributed by atoms with Crippen LogP contribution in [0.5, 0.6) is 0 Å². The van der Waals surface area contributed by atoms with Gasteiger partial charge in [0.15, 0.2) is 0 Å². The number of hydrogen-bond acceptors (Lipinski definition) is 2. The van der Waals surface area contributed by atoms with Crippen molar-refractivity contribution in [1.29, 1.82) is 0 Å². The summed E-state index contributed by atoms with van der Waals surface area (Å²) < 4.78 is 37.9. The highest BCUT2D eigenvalue weighted by Gasteiger charge is 2.31. The number of carbonyl (C=O) groups is 1. The maximum absolute atomic E-state index is 12.6. The molecule has 21 heavy (non-hydrogen) atoms. The van der Waals surface area contributed by atoms with Crippen molar-refractivity contribution < 1.29 is 18.0 Å². The first-order valence-electron chi connectivity index (χ1n) is 6.73. The van der Waals surface area contributed by atoms with Crippen molar-refractivity contribution in [3.63, 3.8) is 0 Å². The van der Waals surface area contributed by atoms with Gasteiger partial charge in [-0.3, -0.25) is 4.79 Å². The first kappa shape index (κ1) is 16.1. The maximum atomic E-state index is 12.6. The number of anilines is 1. The molecule has 0 radical (unpaired) electrons. The average Bonchev–Trinajstić information content (AvgIpc) is 2.41. The molecule has 1 fully saturated rings. The van der Waals surface area contributed by atoms with Gasteiger partial charge in [0.2, 0.25) is 5.91 Å². The minimum Gasteiger partial charge on any atom is -0.325 e. The number of carbonyl (C=O) groups excluding carboxylic acids is 1. The Balaban J connectivity index is 2.02. The fourth-order valence-electron chi connectivity index (χ4n) is 2.36. The molecule has 2 rings (SSSR count). The average molecular weight is 321 g/mol. The second-order valence-corrected chi connectivity index (χ2v) is 5.56. The van der Waals surface area contributed by atoms with E-state index >= 15 is 0 Å².